The third-order valence-corrected chi connectivity index (χ3v) is 7.88. The quantitative estimate of drug-likeness (QED) is 0.314. The second-order valence-electron chi connectivity index (χ2n) is 9.15. The van der Waals surface area contributed by atoms with Crippen LogP contribution < -0.4 is 10.2 Å². The van der Waals surface area contributed by atoms with Gasteiger partial charge >= 0.3 is 0 Å². The predicted molar refractivity (Wildman–Crippen MR) is 145 cm³/mol. The summed E-state index contributed by atoms with van der Waals surface area (Å²) in [7, 11) is 0. The van der Waals surface area contributed by atoms with Crippen molar-refractivity contribution < 1.29 is 4.79 Å². The molecule has 0 saturated carbocycles. The molecule has 4 aromatic rings. The van der Waals surface area contributed by atoms with Crippen molar-refractivity contribution in [1.82, 2.24) is 15.1 Å². The zero-order valence-electron chi connectivity index (χ0n) is 20.7. The average molecular weight is 485 g/mol. The molecule has 5 rings (SSSR count). The summed E-state index contributed by atoms with van der Waals surface area (Å²) in [5, 5.41) is 7.99. The average Bonchev–Trinajstić information content (AvgIpc) is 3.45. The van der Waals surface area contributed by atoms with Crippen molar-refractivity contribution >= 4 is 22.9 Å². The lowest BCUT2D eigenvalue weighted by atomic mass is 9.95. The molecular weight excluding hydrogens is 452 g/mol. The van der Waals surface area contributed by atoms with E-state index in [1.54, 1.807) is 11.3 Å². The third-order valence-electron chi connectivity index (χ3n) is 6.69. The second-order valence-corrected chi connectivity index (χ2v) is 10.2. The number of anilines is 1. The molecule has 2 aromatic carbocycles. The molecule has 180 valence electrons. The van der Waals surface area contributed by atoms with Crippen LogP contribution in [0.15, 0.2) is 60.7 Å². The fourth-order valence-corrected chi connectivity index (χ4v) is 6.17. The fraction of sp³-hybridized carbons (Fsp3) is 0.310. The van der Waals surface area contributed by atoms with Crippen molar-refractivity contribution in [3.63, 3.8) is 0 Å². The van der Waals surface area contributed by atoms with E-state index in [2.05, 4.69) is 78.1 Å². The maximum absolute atomic E-state index is 13.0. The van der Waals surface area contributed by atoms with Crippen LogP contribution >= 0.6 is 11.3 Å². The van der Waals surface area contributed by atoms with E-state index in [9.17, 15) is 4.79 Å². The smallest absolute Gasteiger partial charge is 0.261 e. The molecule has 0 atom stereocenters. The van der Waals surface area contributed by atoms with E-state index < -0.39 is 0 Å². The van der Waals surface area contributed by atoms with Gasteiger partial charge in [-0.05, 0) is 81.5 Å². The van der Waals surface area contributed by atoms with Gasteiger partial charge < -0.3 is 10.2 Å². The van der Waals surface area contributed by atoms with E-state index in [0.717, 1.165) is 48.6 Å². The van der Waals surface area contributed by atoms with Crippen molar-refractivity contribution in [2.45, 2.75) is 40.0 Å². The Morgan fingerprint density at radius 1 is 1.09 bits per heavy atom. The Bertz CT molecular complexity index is 1340. The zero-order chi connectivity index (χ0) is 24.4. The summed E-state index contributed by atoms with van der Waals surface area (Å²) in [5.41, 5.74) is 8.33. The third kappa shape index (κ3) is 4.76. The SMILES string of the molecule is CCN(CCCNC(=O)c1cc2c(s1)-c1c(C)nn(-c3ccccc3)c1CC2)c1cccc(C)c1. The molecule has 35 heavy (non-hydrogen) atoms. The van der Waals surface area contributed by atoms with Gasteiger partial charge in [-0.15, -0.1) is 11.3 Å². The molecule has 1 aliphatic rings. The Balaban J connectivity index is 1.25. The van der Waals surface area contributed by atoms with E-state index in [1.165, 1.54) is 32.9 Å². The highest BCUT2D eigenvalue weighted by Gasteiger charge is 2.27. The molecule has 1 amide bonds. The topological polar surface area (TPSA) is 50.2 Å². The Morgan fingerprint density at radius 2 is 1.91 bits per heavy atom. The number of nitrogens with one attached hydrogen (secondary N) is 1. The second kappa shape index (κ2) is 10.1. The largest absolute Gasteiger partial charge is 0.372 e. The Kier molecular flexibility index (Phi) is 6.73. The van der Waals surface area contributed by atoms with Crippen LogP contribution in [0.3, 0.4) is 0 Å². The van der Waals surface area contributed by atoms with Gasteiger partial charge in [-0.1, -0.05) is 30.3 Å². The van der Waals surface area contributed by atoms with Crippen LogP contribution in [0.2, 0.25) is 0 Å². The first-order valence-corrected chi connectivity index (χ1v) is 13.2. The number of fused-ring (bicyclic) bond motifs is 3. The molecule has 0 saturated heterocycles. The van der Waals surface area contributed by atoms with E-state index in [-0.39, 0.29) is 5.91 Å². The summed E-state index contributed by atoms with van der Waals surface area (Å²) in [5.74, 6) is 0.0256. The summed E-state index contributed by atoms with van der Waals surface area (Å²) in [6.45, 7) is 8.90. The summed E-state index contributed by atoms with van der Waals surface area (Å²) in [6.07, 6.45) is 2.78. The standard InChI is InChI=1S/C29H32N4OS/c1-4-32(24-13-8-10-20(2)18-24)17-9-16-30-29(34)26-19-22-14-15-25-27(28(22)35-26)21(3)31-33(25)23-11-6-5-7-12-23/h5-8,10-13,18-19H,4,9,14-17H2,1-3H3,(H,30,34). The molecule has 2 aromatic heterocycles. The number of hydrogen-bond donors (Lipinski definition) is 1. The lowest BCUT2D eigenvalue weighted by Crippen LogP contribution is -2.29. The van der Waals surface area contributed by atoms with Crippen molar-refractivity contribution in [3.8, 4) is 16.1 Å². The van der Waals surface area contributed by atoms with Gasteiger partial charge in [-0.3, -0.25) is 4.79 Å². The van der Waals surface area contributed by atoms with Gasteiger partial charge in [-0.25, -0.2) is 4.68 Å². The van der Waals surface area contributed by atoms with Crippen LogP contribution in [-0.4, -0.2) is 35.3 Å². The highest BCUT2D eigenvalue weighted by atomic mass is 32.1. The molecule has 6 heteroatoms. The number of carbonyl (C=O) groups excluding carboxylic acids is 1. The number of aromatic nitrogens is 2. The molecule has 0 spiro atoms. The Morgan fingerprint density at radius 3 is 2.69 bits per heavy atom. The summed E-state index contributed by atoms with van der Waals surface area (Å²) in [4.78, 5) is 17.3. The van der Waals surface area contributed by atoms with E-state index in [4.69, 9.17) is 5.10 Å². The normalized spacial score (nSPS) is 12.2. The number of thiophene rings is 1. The molecule has 1 aliphatic carbocycles. The lowest BCUT2D eigenvalue weighted by molar-refractivity contribution is 0.0957. The van der Waals surface area contributed by atoms with Crippen LogP contribution in [-0.2, 0) is 12.8 Å². The van der Waals surface area contributed by atoms with Crippen LogP contribution in [0.1, 0.15) is 45.5 Å². The summed E-state index contributed by atoms with van der Waals surface area (Å²) < 4.78 is 2.07. The van der Waals surface area contributed by atoms with Crippen LogP contribution in [0.25, 0.3) is 16.1 Å². The van der Waals surface area contributed by atoms with Gasteiger partial charge in [0, 0.05) is 35.8 Å². The van der Waals surface area contributed by atoms with Crippen molar-refractivity contribution in [2.75, 3.05) is 24.5 Å². The molecular formula is C29H32N4OS. The Hall–Kier alpha value is -3.38. The predicted octanol–water partition coefficient (Wildman–Crippen LogP) is 5.96. The van der Waals surface area contributed by atoms with Crippen molar-refractivity contribution in [2.24, 2.45) is 0 Å². The lowest BCUT2D eigenvalue weighted by Gasteiger charge is -2.23. The van der Waals surface area contributed by atoms with Gasteiger partial charge in [0.15, 0.2) is 0 Å². The van der Waals surface area contributed by atoms with Gasteiger partial charge in [0.2, 0.25) is 0 Å². The van der Waals surface area contributed by atoms with Crippen LogP contribution in [0.5, 0.6) is 0 Å². The maximum atomic E-state index is 13.0. The van der Waals surface area contributed by atoms with Gasteiger partial charge in [0.25, 0.3) is 5.91 Å². The number of rotatable bonds is 8. The minimum Gasteiger partial charge on any atom is -0.372 e. The first kappa shape index (κ1) is 23.4. The highest BCUT2D eigenvalue weighted by Crippen LogP contribution is 2.42. The molecule has 0 aliphatic heterocycles. The fourth-order valence-electron chi connectivity index (χ4n) is 4.93. The van der Waals surface area contributed by atoms with E-state index in [1.807, 2.05) is 18.2 Å². The summed E-state index contributed by atoms with van der Waals surface area (Å²) in [6, 6.07) is 21.0. The molecule has 0 bridgehead atoms. The number of para-hydroxylation sites is 1. The number of aryl methyl sites for hydroxylation is 3. The van der Waals surface area contributed by atoms with Gasteiger partial charge in [0.05, 0.1) is 22.0 Å². The number of nitrogens with zero attached hydrogens (tertiary/aromatic N) is 3. The number of carbonyl (C=O) groups is 1. The monoisotopic (exact) mass is 484 g/mol. The van der Waals surface area contributed by atoms with Crippen LogP contribution in [0.4, 0.5) is 5.69 Å². The molecule has 1 N–H and O–H groups in total. The van der Waals surface area contributed by atoms with Crippen molar-refractivity contribution in [3.05, 3.63) is 88.1 Å². The maximum Gasteiger partial charge on any atom is 0.261 e. The minimum atomic E-state index is 0.0256. The van der Waals surface area contributed by atoms with Crippen LogP contribution in [0, 0.1) is 13.8 Å². The van der Waals surface area contributed by atoms with E-state index >= 15 is 0 Å². The van der Waals surface area contributed by atoms with E-state index in [0.29, 0.717) is 6.54 Å². The minimum absolute atomic E-state index is 0.0256. The first-order valence-electron chi connectivity index (χ1n) is 12.4. The van der Waals surface area contributed by atoms with Gasteiger partial charge in [0.1, 0.15) is 0 Å². The van der Waals surface area contributed by atoms with Gasteiger partial charge in [-0.2, -0.15) is 5.10 Å². The zero-order valence-corrected chi connectivity index (χ0v) is 21.5. The summed E-state index contributed by atoms with van der Waals surface area (Å²) >= 11 is 1.60. The molecule has 5 nitrogen and oxygen atoms in total. The molecule has 2 heterocycles. The first-order chi connectivity index (χ1) is 17.0. The van der Waals surface area contributed by atoms with Crippen molar-refractivity contribution in [1.29, 1.82) is 0 Å². The molecule has 0 fully saturated rings. The molecule has 0 radical (unpaired) electrons. The highest BCUT2D eigenvalue weighted by molar-refractivity contribution is 7.17. The number of hydrogen-bond acceptors (Lipinski definition) is 4. The Labute approximate surface area is 211 Å². The number of amides is 1. The number of benzene rings is 2. The molecule has 0 unspecified atom stereocenters.